The van der Waals surface area contributed by atoms with Gasteiger partial charge in [0.2, 0.25) is 0 Å². The molecule has 2 fully saturated rings. The zero-order chi connectivity index (χ0) is 6.16. The Labute approximate surface area is 55.6 Å². The first kappa shape index (κ1) is 5.69. The van der Waals surface area contributed by atoms with Crippen molar-refractivity contribution in [3.8, 4) is 0 Å². The van der Waals surface area contributed by atoms with Gasteiger partial charge in [0.15, 0.2) is 0 Å². The molecular formula is C7H13NO. The highest BCUT2D eigenvalue weighted by Gasteiger charge is 2.43. The fourth-order valence-corrected chi connectivity index (χ4v) is 1.45. The van der Waals surface area contributed by atoms with Gasteiger partial charge in [-0.3, -0.25) is 5.32 Å². The number of rotatable bonds is 0. The van der Waals surface area contributed by atoms with Gasteiger partial charge in [0.1, 0.15) is 5.72 Å². The Kier molecular flexibility index (Phi) is 1.24. The first-order valence-corrected chi connectivity index (χ1v) is 3.80. The Morgan fingerprint density at radius 1 is 1.22 bits per heavy atom. The molecule has 2 aliphatic rings. The Morgan fingerprint density at radius 3 is 2.89 bits per heavy atom. The molecule has 2 heterocycles. The van der Waals surface area contributed by atoms with Crippen molar-refractivity contribution in [1.29, 1.82) is 0 Å². The summed E-state index contributed by atoms with van der Waals surface area (Å²) in [5, 5.41) is 3.41. The van der Waals surface area contributed by atoms with E-state index in [2.05, 4.69) is 5.32 Å². The quantitative estimate of drug-likeness (QED) is 0.488. The van der Waals surface area contributed by atoms with Crippen LogP contribution >= 0.6 is 0 Å². The summed E-state index contributed by atoms with van der Waals surface area (Å²) in [6.45, 7) is 2.10. The van der Waals surface area contributed by atoms with Gasteiger partial charge in [-0.15, -0.1) is 0 Å². The van der Waals surface area contributed by atoms with Crippen LogP contribution in [0.2, 0.25) is 0 Å². The molecule has 9 heavy (non-hydrogen) atoms. The minimum atomic E-state index is 0.163. The van der Waals surface area contributed by atoms with Crippen LogP contribution in [0.3, 0.4) is 0 Å². The summed E-state index contributed by atoms with van der Waals surface area (Å²) < 4.78 is 5.31. The average molecular weight is 127 g/mol. The summed E-state index contributed by atoms with van der Waals surface area (Å²) in [5.41, 5.74) is 0.163. The molecule has 2 nitrogen and oxygen atoms in total. The second-order valence-corrected chi connectivity index (χ2v) is 3.02. The lowest BCUT2D eigenvalue weighted by Gasteiger charge is -2.07. The molecular weight excluding hydrogens is 114 g/mol. The average Bonchev–Trinajstić information content (AvgIpc) is 2.64. The fourth-order valence-electron chi connectivity index (χ4n) is 1.45. The molecule has 1 spiro atoms. The smallest absolute Gasteiger partial charge is 0.143 e. The highest BCUT2D eigenvalue weighted by atomic mass is 16.6. The van der Waals surface area contributed by atoms with Crippen molar-refractivity contribution in [2.45, 2.75) is 31.4 Å². The molecule has 0 aromatic rings. The predicted molar refractivity (Wildman–Crippen MR) is 35.2 cm³/mol. The van der Waals surface area contributed by atoms with Crippen LogP contribution in [0.1, 0.15) is 25.7 Å². The maximum atomic E-state index is 5.31. The number of epoxide rings is 1. The number of hydrogen-bond acceptors (Lipinski definition) is 2. The van der Waals surface area contributed by atoms with Crippen LogP contribution in [-0.4, -0.2) is 18.9 Å². The van der Waals surface area contributed by atoms with E-state index in [4.69, 9.17) is 4.74 Å². The van der Waals surface area contributed by atoms with Crippen LogP contribution in [0.4, 0.5) is 0 Å². The molecule has 1 N–H and O–H groups in total. The predicted octanol–water partition coefficient (Wildman–Crippen LogP) is 0.876. The van der Waals surface area contributed by atoms with E-state index in [0.717, 1.165) is 13.2 Å². The maximum Gasteiger partial charge on any atom is 0.143 e. The first-order chi connectivity index (χ1) is 4.41. The first-order valence-electron chi connectivity index (χ1n) is 3.80. The summed E-state index contributed by atoms with van der Waals surface area (Å²) in [4.78, 5) is 0. The molecule has 0 aromatic heterocycles. The summed E-state index contributed by atoms with van der Waals surface area (Å²) in [5.74, 6) is 0. The molecule has 0 amide bonds. The van der Waals surface area contributed by atoms with Gasteiger partial charge >= 0.3 is 0 Å². The molecule has 2 saturated heterocycles. The van der Waals surface area contributed by atoms with Crippen molar-refractivity contribution >= 4 is 0 Å². The Balaban J connectivity index is 1.92. The highest BCUT2D eigenvalue weighted by molar-refractivity contribution is 4.90. The van der Waals surface area contributed by atoms with Gasteiger partial charge in [0.05, 0.1) is 6.61 Å². The standard InChI is InChI=1S/C7H13NO/c1-2-4-7(6-9-7)8-5-3-1/h8H,1-6H2. The molecule has 2 heteroatoms. The molecule has 2 aliphatic heterocycles. The Morgan fingerprint density at radius 2 is 2.11 bits per heavy atom. The molecule has 0 radical (unpaired) electrons. The van der Waals surface area contributed by atoms with Crippen molar-refractivity contribution in [1.82, 2.24) is 5.32 Å². The third-order valence-corrected chi connectivity index (χ3v) is 2.20. The van der Waals surface area contributed by atoms with E-state index in [1.54, 1.807) is 0 Å². The van der Waals surface area contributed by atoms with Crippen LogP contribution < -0.4 is 5.32 Å². The van der Waals surface area contributed by atoms with Crippen molar-refractivity contribution in [3.63, 3.8) is 0 Å². The van der Waals surface area contributed by atoms with Crippen molar-refractivity contribution in [2.24, 2.45) is 0 Å². The minimum absolute atomic E-state index is 0.163. The van der Waals surface area contributed by atoms with Gasteiger partial charge in [-0.05, 0) is 25.8 Å². The molecule has 0 aromatic carbocycles. The van der Waals surface area contributed by atoms with Crippen LogP contribution in [-0.2, 0) is 4.74 Å². The molecule has 52 valence electrons. The topological polar surface area (TPSA) is 24.6 Å². The molecule has 0 bridgehead atoms. The van der Waals surface area contributed by atoms with Gasteiger partial charge in [0, 0.05) is 0 Å². The second kappa shape index (κ2) is 1.96. The van der Waals surface area contributed by atoms with Gasteiger partial charge < -0.3 is 4.74 Å². The largest absolute Gasteiger partial charge is 0.354 e. The van der Waals surface area contributed by atoms with Crippen molar-refractivity contribution in [3.05, 3.63) is 0 Å². The van der Waals surface area contributed by atoms with E-state index in [9.17, 15) is 0 Å². The zero-order valence-corrected chi connectivity index (χ0v) is 5.65. The van der Waals surface area contributed by atoms with Crippen molar-refractivity contribution < 1.29 is 4.74 Å². The van der Waals surface area contributed by atoms with E-state index in [-0.39, 0.29) is 5.72 Å². The van der Waals surface area contributed by atoms with E-state index in [1.807, 2.05) is 0 Å². The van der Waals surface area contributed by atoms with Gasteiger partial charge in [-0.25, -0.2) is 0 Å². The van der Waals surface area contributed by atoms with E-state index >= 15 is 0 Å². The summed E-state index contributed by atoms with van der Waals surface area (Å²) in [7, 11) is 0. The fraction of sp³-hybridized carbons (Fsp3) is 1.00. The van der Waals surface area contributed by atoms with Crippen LogP contribution in [0.25, 0.3) is 0 Å². The lowest BCUT2D eigenvalue weighted by Crippen LogP contribution is -2.31. The van der Waals surface area contributed by atoms with E-state index in [1.165, 1.54) is 25.7 Å². The monoisotopic (exact) mass is 127 g/mol. The third-order valence-electron chi connectivity index (χ3n) is 2.20. The number of ether oxygens (including phenoxy) is 1. The molecule has 0 aliphatic carbocycles. The summed E-state index contributed by atoms with van der Waals surface area (Å²) in [6, 6.07) is 0. The minimum Gasteiger partial charge on any atom is -0.354 e. The number of nitrogens with one attached hydrogen (secondary N) is 1. The highest BCUT2D eigenvalue weighted by Crippen LogP contribution is 2.31. The van der Waals surface area contributed by atoms with Gasteiger partial charge in [0.25, 0.3) is 0 Å². The molecule has 0 saturated carbocycles. The normalized spacial score (nSPS) is 42.7. The number of hydrogen-bond donors (Lipinski definition) is 1. The van der Waals surface area contributed by atoms with Crippen LogP contribution in [0.5, 0.6) is 0 Å². The Hall–Kier alpha value is -0.0800. The zero-order valence-electron chi connectivity index (χ0n) is 5.65. The SMILES string of the molecule is C1CCNC2(CC1)CO2. The lowest BCUT2D eigenvalue weighted by molar-refractivity contribution is 0.250. The molecule has 2 rings (SSSR count). The van der Waals surface area contributed by atoms with Gasteiger partial charge in [-0.1, -0.05) is 6.42 Å². The summed E-state index contributed by atoms with van der Waals surface area (Å²) in [6.07, 6.45) is 5.27. The van der Waals surface area contributed by atoms with E-state index < -0.39 is 0 Å². The second-order valence-electron chi connectivity index (χ2n) is 3.02. The Bertz CT molecular complexity index is 99.5. The van der Waals surface area contributed by atoms with Gasteiger partial charge in [-0.2, -0.15) is 0 Å². The molecule has 1 atom stereocenters. The third kappa shape index (κ3) is 1.10. The van der Waals surface area contributed by atoms with Crippen LogP contribution in [0, 0.1) is 0 Å². The molecule has 1 unspecified atom stereocenters. The van der Waals surface area contributed by atoms with Crippen molar-refractivity contribution in [2.75, 3.05) is 13.2 Å². The maximum absolute atomic E-state index is 5.31. The lowest BCUT2D eigenvalue weighted by atomic mass is 10.1. The van der Waals surface area contributed by atoms with E-state index in [0.29, 0.717) is 0 Å². The van der Waals surface area contributed by atoms with Crippen LogP contribution in [0.15, 0.2) is 0 Å². The summed E-state index contributed by atoms with van der Waals surface area (Å²) >= 11 is 0.